The second-order valence-electron chi connectivity index (χ2n) is 15.4. The first-order valence-electron chi connectivity index (χ1n) is 22.4. The minimum atomic E-state index is -0.656. The van der Waals surface area contributed by atoms with Gasteiger partial charge in [-0.2, -0.15) is 0 Å². The zero-order chi connectivity index (χ0) is 37.9. The Morgan fingerprint density at radius 1 is 0.471 bits per heavy atom. The lowest BCUT2D eigenvalue weighted by Crippen LogP contribution is -2.37. The molecule has 0 heterocycles. The zero-order valence-electron chi connectivity index (χ0n) is 34.6. The summed E-state index contributed by atoms with van der Waals surface area (Å²) in [4.78, 5) is 21.7. The largest absolute Gasteiger partial charge is 0.481 e. The van der Waals surface area contributed by atoms with Crippen molar-refractivity contribution in [2.24, 2.45) is 17.4 Å². The first-order valence-corrected chi connectivity index (χ1v) is 22.4. The van der Waals surface area contributed by atoms with Crippen LogP contribution in [0.2, 0.25) is 0 Å². The second kappa shape index (κ2) is 44.5. The monoisotopic (exact) mass is 719 g/mol. The summed E-state index contributed by atoms with van der Waals surface area (Å²) in [5.74, 6) is -1.05. The Kier molecular flexibility index (Phi) is 45.0. The minimum Gasteiger partial charge on any atom is -0.481 e. The number of hydrogen-bond donors (Lipinski definition) is 3. The van der Waals surface area contributed by atoms with E-state index in [4.69, 9.17) is 16.6 Å². The van der Waals surface area contributed by atoms with Crippen molar-refractivity contribution in [1.29, 1.82) is 0 Å². The summed E-state index contributed by atoms with van der Waals surface area (Å²) in [6.07, 6.45) is 53.8. The molecule has 5 N–H and O–H groups in total. The van der Waals surface area contributed by atoms with Crippen molar-refractivity contribution in [3.63, 3.8) is 0 Å². The van der Waals surface area contributed by atoms with Crippen molar-refractivity contribution in [2.45, 2.75) is 252 Å². The Hall–Kier alpha value is -1.62. The summed E-state index contributed by atoms with van der Waals surface area (Å²) >= 11 is 0. The molecule has 0 bridgehead atoms. The molecule has 5 heteroatoms. The lowest BCUT2D eigenvalue weighted by Gasteiger charge is -2.16. The predicted molar refractivity (Wildman–Crippen MR) is 225 cm³/mol. The van der Waals surface area contributed by atoms with Gasteiger partial charge in [0.05, 0.1) is 5.92 Å². The lowest BCUT2D eigenvalue weighted by atomic mass is 9.94. The molecule has 0 aromatic heterocycles. The maximum Gasteiger partial charge on any atom is 0.303 e. The highest BCUT2D eigenvalue weighted by Gasteiger charge is 2.18. The van der Waals surface area contributed by atoms with Crippen LogP contribution in [0, 0.1) is 5.92 Å². The van der Waals surface area contributed by atoms with Gasteiger partial charge in [-0.05, 0) is 71.1 Å². The third-order valence-electron chi connectivity index (χ3n) is 10.2. The molecule has 0 spiro atoms. The first-order chi connectivity index (χ1) is 24.9. The van der Waals surface area contributed by atoms with Crippen LogP contribution >= 0.6 is 0 Å². The van der Waals surface area contributed by atoms with Gasteiger partial charge in [-0.15, -0.1) is 0 Å². The van der Waals surface area contributed by atoms with E-state index in [0.29, 0.717) is 6.42 Å². The highest BCUT2D eigenvalue weighted by molar-refractivity contribution is 5.77. The molecular formula is C46H90N2O3. The van der Waals surface area contributed by atoms with Gasteiger partial charge in [0, 0.05) is 12.5 Å². The average Bonchev–Trinajstić information content (AvgIpc) is 3.10. The molecule has 0 radical (unpaired) electrons. The van der Waals surface area contributed by atoms with Gasteiger partial charge < -0.3 is 16.6 Å². The van der Waals surface area contributed by atoms with E-state index in [1.165, 1.54) is 193 Å². The van der Waals surface area contributed by atoms with E-state index in [-0.39, 0.29) is 17.9 Å². The Morgan fingerprint density at radius 2 is 0.745 bits per heavy atom. The molecule has 2 atom stereocenters. The summed E-state index contributed by atoms with van der Waals surface area (Å²) in [6, 6.07) is -0.123. The summed E-state index contributed by atoms with van der Waals surface area (Å²) in [6.45, 7) is 6.42. The van der Waals surface area contributed by atoms with Gasteiger partial charge in [-0.1, -0.05) is 192 Å². The molecule has 302 valence electrons. The van der Waals surface area contributed by atoms with Crippen LogP contribution in [0.25, 0.3) is 0 Å². The molecule has 1 amide bonds. The van der Waals surface area contributed by atoms with Crippen LogP contribution in [-0.2, 0) is 9.59 Å². The number of nitrogens with two attached hydrogens (primary N) is 2. The van der Waals surface area contributed by atoms with E-state index < -0.39 is 5.97 Å². The quantitative estimate of drug-likeness (QED) is 0.0434. The molecule has 2 unspecified atom stereocenters. The number of carboxylic acid groups (broad SMARTS) is 1. The van der Waals surface area contributed by atoms with Gasteiger partial charge in [-0.25, -0.2) is 0 Å². The van der Waals surface area contributed by atoms with Crippen molar-refractivity contribution in [2.75, 3.05) is 0 Å². The number of amides is 1. The van der Waals surface area contributed by atoms with Crippen LogP contribution in [0.3, 0.4) is 0 Å². The number of primary amides is 1. The van der Waals surface area contributed by atoms with Crippen LogP contribution < -0.4 is 11.5 Å². The van der Waals surface area contributed by atoms with Gasteiger partial charge in [0.2, 0.25) is 5.91 Å². The fourth-order valence-corrected chi connectivity index (χ4v) is 6.68. The lowest BCUT2D eigenvalue weighted by molar-refractivity contribution is -0.137. The number of unbranched alkanes of at least 4 members (excludes halogenated alkanes) is 29. The molecule has 0 aliphatic carbocycles. The van der Waals surface area contributed by atoms with E-state index in [1.54, 1.807) is 0 Å². The van der Waals surface area contributed by atoms with Crippen molar-refractivity contribution in [3.05, 3.63) is 24.3 Å². The van der Waals surface area contributed by atoms with E-state index in [2.05, 4.69) is 38.2 Å². The summed E-state index contributed by atoms with van der Waals surface area (Å²) in [5.41, 5.74) is 11.2. The molecule has 51 heavy (non-hydrogen) atoms. The smallest absolute Gasteiger partial charge is 0.303 e. The van der Waals surface area contributed by atoms with E-state index >= 15 is 0 Å². The number of carbonyl (C=O) groups is 2. The summed E-state index contributed by atoms with van der Waals surface area (Å²) in [5, 5.41) is 8.55. The van der Waals surface area contributed by atoms with Crippen LogP contribution in [0.5, 0.6) is 0 Å². The molecule has 0 aliphatic heterocycles. The fraction of sp³-hybridized carbons (Fsp3) is 0.870. The molecule has 0 saturated heterocycles. The number of hydrogen-bond acceptors (Lipinski definition) is 3. The van der Waals surface area contributed by atoms with Gasteiger partial charge >= 0.3 is 5.97 Å². The number of rotatable bonds is 39. The molecule has 0 fully saturated rings. The third kappa shape index (κ3) is 46.4. The maximum absolute atomic E-state index is 11.3. The molecule has 0 aromatic carbocycles. The Balaban J connectivity index is 0. The van der Waals surface area contributed by atoms with Crippen molar-refractivity contribution >= 4 is 11.9 Å². The topological polar surface area (TPSA) is 106 Å². The molecule has 0 aromatic rings. The average molecular weight is 719 g/mol. The van der Waals surface area contributed by atoms with Crippen molar-refractivity contribution in [3.8, 4) is 0 Å². The Labute approximate surface area is 319 Å². The fourth-order valence-electron chi connectivity index (χ4n) is 6.68. The number of carboxylic acids is 1. The molecule has 0 saturated carbocycles. The Morgan fingerprint density at radius 3 is 1.02 bits per heavy atom. The second-order valence-corrected chi connectivity index (χ2v) is 15.4. The van der Waals surface area contributed by atoms with Gasteiger partial charge in [0.15, 0.2) is 0 Å². The standard InChI is InChI=1S/C24H48N2O.C22H42O2/c1-3-4-5-6-7-8-9-10-11-12-13-14-15-16-17-18-19-20-21-23(22(2)25)24(26)27;1-2-3-4-5-6-7-8-9-10-11-12-13-14-15-16-17-18-19-20-21-22(23)24/h10-11,22-23H,3-9,12-21,25H2,1-2H3,(H2,26,27);9-10H,2-8,11-21H2,1H3,(H,23,24)/b11-10-;10-9-. The van der Waals surface area contributed by atoms with Crippen LogP contribution in [0.15, 0.2) is 24.3 Å². The van der Waals surface area contributed by atoms with E-state index in [0.717, 1.165) is 25.7 Å². The van der Waals surface area contributed by atoms with Gasteiger partial charge in [0.1, 0.15) is 0 Å². The first kappa shape index (κ1) is 51.5. The maximum atomic E-state index is 11.3. The number of aliphatic carboxylic acids is 1. The number of allylic oxidation sites excluding steroid dienone is 4. The highest BCUT2D eigenvalue weighted by Crippen LogP contribution is 2.16. The van der Waals surface area contributed by atoms with Gasteiger partial charge in [0.25, 0.3) is 0 Å². The highest BCUT2D eigenvalue weighted by atomic mass is 16.4. The van der Waals surface area contributed by atoms with E-state index in [1.807, 2.05) is 6.92 Å². The predicted octanol–water partition coefficient (Wildman–Crippen LogP) is 14.3. The molecule has 5 nitrogen and oxygen atoms in total. The van der Waals surface area contributed by atoms with E-state index in [9.17, 15) is 9.59 Å². The summed E-state index contributed by atoms with van der Waals surface area (Å²) in [7, 11) is 0. The SMILES string of the molecule is CCCCCCCC/C=C\CCCCCCCCCCC(C(N)=O)C(C)N.CCCCCCCC/C=C\CCCCCCCCCCCC(=O)O. The number of carbonyl (C=O) groups excluding carboxylic acids is 1. The van der Waals surface area contributed by atoms with Crippen molar-refractivity contribution in [1.82, 2.24) is 0 Å². The third-order valence-corrected chi connectivity index (χ3v) is 10.2. The Bertz CT molecular complexity index is 764. The van der Waals surface area contributed by atoms with Crippen LogP contribution in [-0.4, -0.2) is 23.0 Å². The van der Waals surface area contributed by atoms with Crippen LogP contribution in [0.4, 0.5) is 0 Å². The summed E-state index contributed by atoms with van der Waals surface area (Å²) < 4.78 is 0. The molecule has 0 rings (SSSR count). The zero-order valence-corrected chi connectivity index (χ0v) is 34.6. The van der Waals surface area contributed by atoms with Crippen molar-refractivity contribution < 1.29 is 14.7 Å². The van der Waals surface area contributed by atoms with Crippen LogP contribution in [0.1, 0.15) is 245 Å². The molecule has 0 aliphatic rings. The van der Waals surface area contributed by atoms with Gasteiger partial charge in [-0.3, -0.25) is 9.59 Å². The molecular weight excluding hydrogens is 629 g/mol. The normalized spacial score (nSPS) is 12.7. The minimum absolute atomic E-state index is 0.123.